The molecule has 4 aromatic heterocycles. The van der Waals surface area contributed by atoms with E-state index in [1.807, 2.05) is 31.3 Å². The Morgan fingerprint density at radius 3 is 2.52 bits per heavy atom. The zero-order valence-corrected chi connectivity index (χ0v) is 26.7. The van der Waals surface area contributed by atoms with Crippen LogP contribution >= 0.6 is 0 Å². The van der Waals surface area contributed by atoms with E-state index in [2.05, 4.69) is 72.1 Å². The number of furan rings is 1. The van der Waals surface area contributed by atoms with E-state index in [4.69, 9.17) is 8.53 Å². The van der Waals surface area contributed by atoms with Gasteiger partial charge in [0, 0.05) is 40.1 Å². The molecule has 0 unspecified atom stereocenters. The Hall–Kier alpha value is -3.66. The van der Waals surface area contributed by atoms with Gasteiger partial charge in [0.05, 0.1) is 13.8 Å². The molecule has 2 aromatic carbocycles. The van der Waals surface area contributed by atoms with Gasteiger partial charge in [0.2, 0.25) is 0 Å². The van der Waals surface area contributed by atoms with E-state index in [0.29, 0.717) is 33.9 Å². The van der Waals surface area contributed by atoms with Gasteiger partial charge in [0.1, 0.15) is 5.58 Å². The molecule has 0 bridgehead atoms. The van der Waals surface area contributed by atoms with Gasteiger partial charge in [-0.2, -0.15) is 0 Å². The Morgan fingerprint density at radius 1 is 0.929 bits per heavy atom. The van der Waals surface area contributed by atoms with Crippen LogP contribution in [-0.4, -0.2) is 15.0 Å². The van der Waals surface area contributed by atoms with Crippen LogP contribution in [0.15, 0.2) is 83.6 Å². The van der Waals surface area contributed by atoms with Gasteiger partial charge in [-0.3, -0.25) is 4.98 Å². The quantitative estimate of drug-likeness (QED) is 0.170. The molecule has 1 saturated carbocycles. The van der Waals surface area contributed by atoms with Crippen molar-refractivity contribution < 1.29 is 28.6 Å². The summed E-state index contributed by atoms with van der Waals surface area (Å²) in [7, 11) is 0. The van der Waals surface area contributed by atoms with Gasteiger partial charge < -0.3 is 14.4 Å². The van der Waals surface area contributed by atoms with Crippen LogP contribution in [0.2, 0.25) is 0 Å². The molecule has 1 aliphatic carbocycles. The minimum Gasteiger partial charge on any atom is -0.499 e. The summed E-state index contributed by atoms with van der Waals surface area (Å²) in [6.07, 6.45) is 8.68. The molecule has 0 amide bonds. The molecule has 6 aromatic rings. The number of pyridine rings is 3. The predicted molar refractivity (Wildman–Crippen MR) is 167 cm³/mol. The van der Waals surface area contributed by atoms with Crippen molar-refractivity contribution in [3.05, 3.63) is 114 Å². The summed E-state index contributed by atoms with van der Waals surface area (Å²) in [5.74, 6) is -0.262. The molecule has 0 saturated heterocycles. The molecule has 4 nitrogen and oxygen atoms in total. The van der Waals surface area contributed by atoms with E-state index < -0.39 is 5.89 Å². The second-order valence-corrected chi connectivity index (χ2v) is 11.0. The number of benzene rings is 2. The average molecular weight is 733 g/mol. The smallest absolute Gasteiger partial charge is 0.139 e. The van der Waals surface area contributed by atoms with Crippen molar-refractivity contribution in [2.24, 2.45) is 0 Å². The molecule has 0 atom stereocenters. The summed E-state index contributed by atoms with van der Waals surface area (Å²) < 4.78 is 31.8. The Balaban J connectivity index is 0.000000202. The summed E-state index contributed by atoms with van der Waals surface area (Å²) in [5.41, 5.74) is 9.11. The van der Waals surface area contributed by atoms with Gasteiger partial charge in [-0.25, -0.2) is 0 Å². The van der Waals surface area contributed by atoms with Crippen molar-refractivity contribution >= 4 is 22.1 Å². The fourth-order valence-electron chi connectivity index (χ4n) is 5.20. The monoisotopic (exact) mass is 733 g/mol. The maximum absolute atomic E-state index is 8.68. The van der Waals surface area contributed by atoms with Crippen LogP contribution in [0.1, 0.15) is 77.7 Å². The summed E-state index contributed by atoms with van der Waals surface area (Å²) in [6.45, 7) is 8.41. The Labute approximate surface area is 266 Å². The van der Waals surface area contributed by atoms with Gasteiger partial charge in [0.15, 0.2) is 0 Å². The number of hydrogen-bond donors (Lipinski definition) is 0. The molecule has 5 heteroatoms. The van der Waals surface area contributed by atoms with Crippen molar-refractivity contribution in [1.29, 1.82) is 0 Å². The first-order valence-corrected chi connectivity index (χ1v) is 14.3. The van der Waals surface area contributed by atoms with Crippen LogP contribution in [-0.2, 0) is 20.1 Å². The summed E-state index contributed by atoms with van der Waals surface area (Å²) in [6, 6.07) is 22.5. The van der Waals surface area contributed by atoms with Crippen molar-refractivity contribution in [1.82, 2.24) is 15.0 Å². The molecule has 0 spiro atoms. The van der Waals surface area contributed by atoms with Crippen molar-refractivity contribution in [3.63, 3.8) is 0 Å². The van der Waals surface area contributed by atoms with Gasteiger partial charge in [0.25, 0.3) is 0 Å². The Morgan fingerprint density at radius 2 is 1.76 bits per heavy atom. The molecule has 0 N–H and O–H groups in total. The molecule has 215 valence electrons. The van der Waals surface area contributed by atoms with Crippen LogP contribution in [0.5, 0.6) is 0 Å². The maximum atomic E-state index is 8.68. The molecular formula is C37H35IrN3O-2. The minimum atomic E-state index is -0.797. The van der Waals surface area contributed by atoms with Gasteiger partial charge in [-0.1, -0.05) is 62.9 Å². The second-order valence-electron chi connectivity index (χ2n) is 11.0. The molecule has 7 rings (SSSR count). The number of aryl methyl sites for hydroxylation is 2. The third kappa shape index (κ3) is 6.38. The van der Waals surface area contributed by atoms with Crippen LogP contribution in [0, 0.1) is 26.0 Å². The number of rotatable bonds is 4. The first kappa shape index (κ1) is 26.0. The van der Waals surface area contributed by atoms with Crippen molar-refractivity contribution in [2.75, 3.05) is 0 Å². The summed E-state index contributed by atoms with van der Waals surface area (Å²) in [5, 5.41) is 0.841. The fraction of sp³-hybridized carbons (Fsp3) is 0.270. The van der Waals surface area contributed by atoms with Crippen LogP contribution in [0.4, 0.5) is 0 Å². The second kappa shape index (κ2) is 13.1. The zero-order chi connectivity index (χ0) is 31.0. The number of fused-ring (bicyclic) bond motifs is 3. The topological polar surface area (TPSA) is 51.8 Å². The normalized spacial score (nSPS) is 15.0. The molecular weight excluding hydrogens is 695 g/mol. The summed E-state index contributed by atoms with van der Waals surface area (Å²) >= 11 is 0. The molecule has 4 heterocycles. The van der Waals surface area contributed by atoms with E-state index >= 15 is 0 Å². The first-order valence-electron chi connectivity index (χ1n) is 15.8. The largest absolute Gasteiger partial charge is 0.499 e. The number of aromatic nitrogens is 3. The molecule has 1 aliphatic rings. The molecule has 1 radical (unpaired) electrons. The SMILES string of the molecule is Cc1c[c-]c(-c2cc(C(C)C)ccn2)cc1.[2H]c1c(C2([2H])CCCC2)cnc(-c2[c-]ccc3c2oc2cc(C)cnc23)c1[2H].[Ir]. The number of nitrogens with zero attached hydrogens (tertiary/aromatic N) is 3. The summed E-state index contributed by atoms with van der Waals surface area (Å²) in [4.78, 5) is 13.4. The van der Waals surface area contributed by atoms with E-state index in [9.17, 15) is 0 Å². The first-order chi connectivity index (χ1) is 21.1. The van der Waals surface area contributed by atoms with E-state index in [-0.39, 0.29) is 32.2 Å². The predicted octanol–water partition coefficient (Wildman–Crippen LogP) is 9.79. The number of hydrogen-bond acceptors (Lipinski definition) is 4. The van der Waals surface area contributed by atoms with Crippen LogP contribution < -0.4 is 0 Å². The maximum Gasteiger partial charge on any atom is 0.139 e. The van der Waals surface area contributed by atoms with Crippen molar-refractivity contribution in [2.45, 2.75) is 65.2 Å². The van der Waals surface area contributed by atoms with Gasteiger partial charge in [-0.05, 0) is 71.6 Å². The van der Waals surface area contributed by atoms with E-state index in [0.717, 1.165) is 53.4 Å². The van der Waals surface area contributed by atoms with Crippen LogP contribution in [0.25, 0.3) is 44.6 Å². The third-order valence-corrected chi connectivity index (χ3v) is 7.56. The van der Waals surface area contributed by atoms with E-state index in [1.165, 1.54) is 11.1 Å². The van der Waals surface area contributed by atoms with E-state index in [1.54, 1.807) is 18.5 Å². The minimum absolute atomic E-state index is 0. The molecule has 0 aliphatic heterocycles. The van der Waals surface area contributed by atoms with Crippen molar-refractivity contribution in [3.8, 4) is 22.5 Å². The average Bonchev–Trinajstić information content (AvgIpc) is 3.63. The standard InChI is InChI=1S/C22H19N2O.C15H16N.Ir/c1-14-11-20-21(24-12-14)18-8-4-7-17(22(18)25-20)19-10-9-16(13-23-19)15-5-2-3-6-15;1-11(2)14-8-9-16-15(10-14)13-6-4-12(3)5-7-13;/h4,8-13,15H,2-3,5-6H2,1H3;4-6,8-11H,1-3H3;/q2*-1;/i9D,10D,15D;;. The third-order valence-electron chi connectivity index (χ3n) is 7.56. The van der Waals surface area contributed by atoms with Gasteiger partial charge >= 0.3 is 0 Å². The zero-order valence-electron chi connectivity index (χ0n) is 27.3. The Kier molecular flexibility index (Phi) is 8.11. The molecule has 1 fully saturated rings. The van der Waals surface area contributed by atoms with Gasteiger partial charge in [-0.15, -0.1) is 53.6 Å². The van der Waals surface area contributed by atoms with Crippen LogP contribution in [0.3, 0.4) is 0 Å². The molecule has 42 heavy (non-hydrogen) atoms. The fourth-order valence-corrected chi connectivity index (χ4v) is 5.20. The Bertz CT molecular complexity index is 1960.